The van der Waals surface area contributed by atoms with Crippen LogP contribution in [0.25, 0.3) is 11.3 Å². The van der Waals surface area contributed by atoms with E-state index < -0.39 is 0 Å². The molecule has 0 fully saturated rings. The van der Waals surface area contributed by atoms with Gasteiger partial charge >= 0.3 is 0 Å². The maximum atomic E-state index is 8.97. The highest BCUT2D eigenvalue weighted by Crippen LogP contribution is 2.25. The van der Waals surface area contributed by atoms with Crippen LogP contribution in [0.3, 0.4) is 0 Å². The van der Waals surface area contributed by atoms with Crippen LogP contribution < -0.4 is 0 Å². The number of benzene rings is 1. The summed E-state index contributed by atoms with van der Waals surface area (Å²) >= 11 is 5.97. The quantitative estimate of drug-likeness (QED) is 0.780. The van der Waals surface area contributed by atoms with E-state index >= 15 is 0 Å². The summed E-state index contributed by atoms with van der Waals surface area (Å²) in [5.41, 5.74) is 1.45. The van der Waals surface area contributed by atoms with Gasteiger partial charge in [0.2, 0.25) is 5.88 Å². The molecule has 0 aliphatic heterocycles. The Morgan fingerprint density at radius 1 is 1.07 bits per heavy atom. The van der Waals surface area contributed by atoms with Gasteiger partial charge in [0.1, 0.15) is 0 Å². The van der Waals surface area contributed by atoms with E-state index in [1.807, 2.05) is 18.2 Å². The fraction of sp³-hybridized carbons (Fsp3) is 0. The zero-order chi connectivity index (χ0) is 9.97. The molecule has 1 aromatic carbocycles. The van der Waals surface area contributed by atoms with Gasteiger partial charge in [0.15, 0.2) is 0 Å². The first-order chi connectivity index (χ1) is 6.77. The molecule has 2 aromatic rings. The number of nitrogens with zero attached hydrogens (tertiary/aromatic N) is 2. The van der Waals surface area contributed by atoms with E-state index in [1.165, 1.54) is 12.4 Å². The largest absolute Gasteiger partial charge is 0.492 e. The SMILES string of the molecule is Oc1cnc(-c2ccccc2Cl)cn1. The monoisotopic (exact) mass is 206 g/mol. The van der Waals surface area contributed by atoms with Gasteiger partial charge in [-0.15, -0.1) is 0 Å². The molecule has 0 saturated carbocycles. The van der Waals surface area contributed by atoms with Gasteiger partial charge in [0.05, 0.1) is 23.1 Å². The van der Waals surface area contributed by atoms with E-state index in [0.29, 0.717) is 10.7 Å². The molecule has 0 bridgehead atoms. The summed E-state index contributed by atoms with van der Waals surface area (Å²) in [5.74, 6) is -0.0965. The molecule has 0 atom stereocenters. The normalized spacial score (nSPS) is 10.1. The first-order valence-electron chi connectivity index (χ1n) is 4.03. The smallest absolute Gasteiger partial charge is 0.229 e. The Morgan fingerprint density at radius 2 is 1.86 bits per heavy atom. The van der Waals surface area contributed by atoms with E-state index in [2.05, 4.69) is 9.97 Å². The second-order valence-corrected chi connectivity index (χ2v) is 3.15. The molecule has 0 amide bonds. The Bertz CT molecular complexity index is 442. The Kier molecular flexibility index (Phi) is 2.33. The van der Waals surface area contributed by atoms with Crippen LogP contribution in [0.2, 0.25) is 5.02 Å². The summed E-state index contributed by atoms with van der Waals surface area (Å²) in [6, 6.07) is 7.35. The second kappa shape index (κ2) is 3.64. The number of aromatic nitrogens is 2. The van der Waals surface area contributed by atoms with E-state index in [1.54, 1.807) is 6.07 Å². The third-order valence-corrected chi connectivity index (χ3v) is 2.12. The number of hydrogen-bond donors (Lipinski definition) is 1. The van der Waals surface area contributed by atoms with Gasteiger partial charge in [-0.2, -0.15) is 0 Å². The molecule has 2 rings (SSSR count). The predicted molar refractivity (Wildman–Crippen MR) is 54.1 cm³/mol. The lowest BCUT2D eigenvalue weighted by atomic mass is 10.2. The van der Waals surface area contributed by atoms with Crippen molar-refractivity contribution in [2.45, 2.75) is 0 Å². The summed E-state index contributed by atoms with van der Waals surface area (Å²) in [5, 5.41) is 9.58. The lowest BCUT2D eigenvalue weighted by Gasteiger charge is -2.01. The van der Waals surface area contributed by atoms with E-state index in [0.717, 1.165) is 5.56 Å². The van der Waals surface area contributed by atoms with Gasteiger partial charge in [0, 0.05) is 5.56 Å². The Morgan fingerprint density at radius 3 is 2.50 bits per heavy atom. The third kappa shape index (κ3) is 1.67. The molecule has 3 nitrogen and oxygen atoms in total. The van der Waals surface area contributed by atoms with Crippen molar-refractivity contribution in [2.75, 3.05) is 0 Å². The minimum absolute atomic E-state index is 0.0965. The van der Waals surface area contributed by atoms with Crippen molar-refractivity contribution in [3.63, 3.8) is 0 Å². The van der Waals surface area contributed by atoms with Gasteiger partial charge in [-0.3, -0.25) is 0 Å². The number of aromatic hydroxyl groups is 1. The lowest BCUT2D eigenvalue weighted by Crippen LogP contribution is -1.85. The Balaban J connectivity index is 2.50. The maximum Gasteiger partial charge on any atom is 0.229 e. The van der Waals surface area contributed by atoms with Gasteiger partial charge < -0.3 is 5.11 Å². The molecule has 70 valence electrons. The first-order valence-corrected chi connectivity index (χ1v) is 4.41. The summed E-state index contributed by atoms with van der Waals surface area (Å²) in [4.78, 5) is 7.74. The highest BCUT2D eigenvalue weighted by Gasteiger charge is 2.03. The van der Waals surface area contributed by atoms with Crippen molar-refractivity contribution >= 4 is 11.6 Å². The molecule has 4 heteroatoms. The molecular formula is C10H7ClN2O. The average Bonchev–Trinajstić information content (AvgIpc) is 2.20. The van der Waals surface area contributed by atoms with Crippen LogP contribution in [-0.2, 0) is 0 Å². The van der Waals surface area contributed by atoms with Gasteiger partial charge in [-0.1, -0.05) is 29.8 Å². The summed E-state index contributed by atoms with van der Waals surface area (Å²) in [6.45, 7) is 0. The fourth-order valence-corrected chi connectivity index (χ4v) is 1.36. The van der Waals surface area contributed by atoms with Crippen LogP contribution in [0.1, 0.15) is 0 Å². The van der Waals surface area contributed by atoms with Crippen molar-refractivity contribution < 1.29 is 5.11 Å². The van der Waals surface area contributed by atoms with Crippen LogP contribution in [0.15, 0.2) is 36.7 Å². The standard InChI is InChI=1S/C10H7ClN2O/c11-8-4-2-1-3-7(8)9-5-13-10(14)6-12-9/h1-6H,(H,13,14). The average molecular weight is 207 g/mol. The van der Waals surface area contributed by atoms with Crippen LogP contribution in [0, 0.1) is 0 Å². The van der Waals surface area contributed by atoms with Gasteiger partial charge in [0.25, 0.3) is 0 Å². The zero-order valence-corrected chi connectivity index (χ0v) is 7.94. The highest BCUT2D eigenvalue weighted by molar-refractivity contribution is 6.33. The summed E-state index contributed by atoms with van der Waals surface area (Å²) < 4.78 is 0. The summed E-state index contributed by atoms with van der Waals surface area (Å²) in [7, 11) is 0. The molecule has 0 aliphatic rings. The van der Waals surface area contributed by atoms with Crippen LogP contribution in [0.4, 0.5) is 0 Å². The molecule has 1 aromatic heterocycles. The maximum absolute atomic E-state index is 8.97. The zero-order valence-electron chi connectivity index (χ0n) is 7.18. The number of rotatable bonds is 1. The van der Waals surface area contributed by atoms with Gasteiger partial charge in [-0.25, -0.2) is 9.97 Å². The molecule has 1 N–H and O–H groups in total. The fourth-order valence-electron chi connectivity index (χ4n) is 1.13. The van der Waals surface area contributed by atoms with Crippen LogP contribution in [0.5, 0.6) is 5.88 Å². The van der Waals surface area contributed by atoms with Crippen LogP contribution >= 0.6 is 11.6 Å². The Labute approximate surface area is 86.0 Å². The molecule has 0 aliphatic carbocycles. The number of hydrogen-bond acceptors (Lipinski definition) is 3. The third-order valence-electron chi connectivity index (χ3n) is 1.79. The van der Waals surface area contributed by atoms with Crippen LogP contribution in [-0.4, -0.2) is 15.1 Å². The molecule has 1 heterocycles. The van der Waals surface area contributed by atoms with Crippen molar-refractivity contribution in [2.24, 2.45) is 0 Å². The highest BCUT2D eigenvalue weighted by atomic mass is 35.5. The van der Waals surface area contributed by atoms with E-state index in [9.17, 15) is 0 Å². The topological polar surface area (TPSA) is 46.0 Å². The first kappa shape index (κ1) is 8.97. The van der Waals surface area contributed by atoms with Crippen molar-refractivity contribution in [1.82, 2.24) is 9.97 Å². The molecule has 0 saturated heterocycles. The molecule has 0 spiro atoms. The minimum Gasteiger partial charge on any atom is -0.492 e. The lowest BCUT2D eigenvalue weighted by molar-refractivity contribution is 0.450. The molecule has 14 heavy (non-hydrogen) atoms. The molecular weight excluding hydrogens is 200 g/mol. The Hall–Kier alpha value is -1.61. The van der Waals surface area contributed by atoms with Crippen molar-refractivity contribution in [1.29, 1.82) is 0 Å². The summed E-state index contributed by atoms with van der Waals surface area (Å²) in [6.07, 6.45) is 2.77. The van der Waals surface area contributed by atoms with E-state index in [4.69, 9.17) is 16.7 Å². The minimum atomic E-state index is -0.0965. The second-order valence-electron chi connectivity index (χ2n) is 2.74. The van der Waals surface area contributed by atoms with E-state index in [-0.39, 0.29) is 5.88 Å². The number of halogens is 1. The molecule has 0 unspecified atom stereocenters. The molecule has 0 radical (unpaired) electrons. The van der Waals surface area contributed by atoms with Crippen molar-refractivity contribution in [3.8, 4) is 17.1 Å². The van der Waals surface area contributed by atoms with Gasteiger partial charge in [-0.05, 0) is 6.07 Å². The van der Waals surface area contributed by atoms with Crippen molar-refractivity contribution in [3.05, 3.63) is 41.7 Å². The predicted octanol–water partition coefficient (Wildman–Crippen LogP) is 2.50.